The van der Waals surface area contributed by atoms with E-state index in [0.717, 1.165) is 19.3 Å². The molecule has 0 heterocycles. The van der Waals surface area contributed by atoms with Gasteiger partial charge in [0.25, 0.3) is 11.8 Å². The highest BCUT2D eigenvalue weighted by Gasteiger charge is 2.38. The van der Waals surface area contributed by atoms with Crippen LogP contribution in [-0.4, -0.2) is 60.8 Å². The molecule has 216 valence electrons. The Hall–Kier alpha value is -3.63. The zero-order chi connectivity index (χ0) is 29.5. The van der Waals surface area contributed by atoms with Crippen molar-refractivity contribution in [3.05, 3.63) is 24.3 Å². The molecule has 1 aliphatic rings. The van der Waals surface area contributed by atoms with E-state index in [1.165, 1.54) is 12.0 Å². The summed E-state index contributed by atoms with van der Waals surface area (Å²) < 4.78 is 5.22. The maximum Gasteiger partial charge on any atom is 0.315 e. The van der Waals surface area contributed by atoms with Gasteiger partial charge in [0.15, 0.2) is 0 Å². The molecule has 0 saturated heterocycles. The smallest absolute Gasteiger partial charge is 0.315 e. The molecule has 11 nitrogen and oxygen atoms in total. The summed E-state index contributed by atoms with van der Waals surface area (Å²) in [5.41, 5.74) is 4.37. The van der Waals surface area contributed by atoms with Crippen molar-refractivity contribution >= 4 is 35.2 Å². The van der Waals surface area contributed by atoms with E-state index in [9.17, 15) is 24.0 Å². The Kier molecular flexibility index (Phi) is 10.5. The second kappa shape index (κ2) is 12.9. The van der Waals surface area contributed by atoms with Gasteiger partial charge < -0.3 is 31.3 Å². The van der Waals surface area contributed by atoms with Gasteiger partial charge in [-0.1, -0.05) is 40.0 Å². The van der Waals surface area contributed by atoms with Crippen LogP contribution in [0, 0.1) is 11.3 Å². The van der Waals surface area contributed by atoms with Crippen LogP contribution in [0.15, 0.2) is 24.3 Å². The number of nitrogens with two attached hydrogens (primary N) is 1. The van der Waals surface area contributed by atoms with Crippen LogP contribution in [0.3, 0.4) is 0 Å². The normalized spacial score (nSPS) is 15.3. The van der Waals surface area contributed by atoms with Crippen LogP contribution in [0.1, 0.15) is 67.2 Å². The van der Waals surface area contributed by atoms with Crippen LogP contribution in [0.4, 0.5) is 10.5 Å². The first-order valence-electron chi connectivity index (χ1n) is 13.2. The van der Waals surface area contributed by atoms with Crippen LogP contribution in [-0.2, 0) is 19.2 Å². The third-order valence-electron chi connectivity index (χ3n) is 6.52. The predicted octanol–water partition coefficient (Wildman–Crippen LogP) is 2.27. The molecule has 0 aromatic heterocycles. The highest BCUT2D eigenvalue weighted by molar-refractivity contribution is 6.37. The Labute approximate surface area is 230 Å². The van der Waals surface area contributed by atoms with Gasteiger partial charge in [-0.15, -0.1) is 0 Å². The van der Waals surface area contributed by atoms with Crippen molar-refractivity contribution < 1.29 is 28.7 Å². The van der Waals surface area contributed by atoms with E-state index >= 15 is 0 Å². The number of rotatable bonds is 11. The summed E-state index contributed by atoms with van der Waals surface area (Å²) in [7, 11) is 1.51. The van der Waals surface area contributed by atoms with Crippen LogP contribution in [0.5, 0.6) is 5.75 Å². The lowest BCUT2D eigenvalue weighted by molar-refractivity contribution is -0.138. The number of urea groups is 1. The number of primary amides is 1. The fourth-order valence-electron chi connectivity index (χ4n) is 4.22. The number of ketones is 1. The second-order valence-corrected chi connectivity index (χ2v) is 12.2. The molecule has 2 atom stereocenters. The van der Waals surface area contributed by atoms with Gasteiger partial charge in [-0.2, -0.15) is 0 Å². The molecule has 5 N–H and O–H groups in total. The first-order valence-corrected chi connectivity index (χ1v) is 13.2. The van der Waals surface area contributed by atoms with E-state index in [2.05, 4.69) is 16.0 Å². The summed E-state index contributed by atoms with van der Waals surface area (Å²) in [5.74, 6) is -2.38. The predicted molar refractivity (Wildman–Crippen MR) is 148 cm³/mol. The number of Topliss-reactive ketones (excluding diaryl/α,β-unsaturated/α-hetero) is 1. The summed E-state index contributed by atoms with van der Waals surface area (Å²) >= 11 is 0. The number of carbonyl (C=O) groups is 5. The Morgan fingerprint density at radius 1 is 1.00 bits per heavy atom. The van der Waals surface area contributed by atoms with Crippen LogP contribution in [0.2, 0.25) is 0 Å². The van der Waals surface area contributed by atoms with E-state index in [1.54, 1.807) is 45.0 Å². The fraction of sp³-hybridized carbons (Fsp3) is 0.607. The minimum atomic E-state index is -1.12. The maximum atomic E-state index is 14.0. The maximum absolute atomic E-state index is 14.0. The average molecular weight is 546 g/mol. The van der Waals surface area contributed by atoms with Gasteiger partial charge in [0.05, 0.1) is 13.2 Å². The molecular weight excluding hydrogens is 502 g/mol. The van der Waals surface area contributed by atoms with Crippen molar-refractivity contribution in [3.63, 3.8) is 0 Å². The highest BCUT2D eigenvalue weighted by atomic mass is 16.5. The molecule has 1 aliphatic carbocycles. The summed E-state index contributed by atoms with van der Waals surface area (Å²) in [6.45, 7) is 10.4. The van der Waals surface area contributed by atoms with Crippen molar-refractivity contribution in [2.24, 2.45) is 17.1 Å². The quantitative estimate of drug-likeness (QED) is 0.312. The average Bonchev–Trinajstić information content (AvgIpc) is 2.79. The standard InChI is InChI=1S/C28H43N5O6/c1-27(2,3)23(31-26(38)32-28(4,5)6)25(37)33(18-11-13-19(39-7)14-12-18)16-21(34)30-20(22(35)24(29)36)15-17-9-8-10-17/h11-14,17,20,23H,8-10,15-16H2,1-7H3,(H2,29,36)(H,30,34)(H2,31,32,38)/t20?,23-/m1/s1. The summed E-state index contributed by atoms with van der Waals surface area (Å²) in [6, 6.07) is 3.95. The van der Waals surface area contributed by atoms with Crippen LogP contribution < -0.4 is 31.3 Å². The lowest BCUT2D eigenvalue weighted by atomic mass is 9.80. The zero-order valence-corrected chi connectivity index (χ0v) is 24.1. The van der Waals surface area contributed by atoms with Crippen molar-refractivity contribution in [3.8, 4) is 5.75 Å². The number of benzene rings is 1. The van der Waals surface area contributed by atoms with Gasteiger partial charge in [0.2, 0.25) is 11.7 Å². The van der Waals surface area contributed by atoms with E-state index in [1.807, 2.05) is 20.8 Å². The molecule has 0 bridgehead atoms. The summed E-state index contributed by atoms with van der Waals surface area (Å²) in [5, 5.41) is 8.17. The third kappa shape index (κ3) is 9.56. The van der Waals surface area contributed by atoms with Gasteiger partial charge in [0, 0.05) is 11.2 Å². The second-order valence-electron chi connectivity index (χ2n) is 12.2. The number of hydrogen-bond acceptors (Lipinski definition) is 6. The van der Waals surface area contributed by atoms with Crippen molar-refractivity contribution in [2.45, 2.75) is 84.8 Å². The minimum Gasteiger partial charge on any atom is -0.497 e. The lowest BCUT2D eigenvalue weighted by Gasteiger charge is -2.36. The Morgan fingerprint density at radius 2 is 1.59 bits per heavy atom. The molecule has 1 saturated carbocycles. The Bertz CT molecular complexity index is 1050. The fourth-order valence-corrected chi connectivity index (χ4v) is 4.22. The van der Waals surface area contributed by atoms with Gasteiger partial charge in [-0.25, -0.2) is 4.79 Å². The van der Waals surface area contributed by atoms with Gasteiger partial charge in [-0.05, 0) is 62.8 Å². The number of nitrogens with zero attached hydrogens (tertiary/aromatic N) is 1. The summed E-state index contributed by atoms with van der Waals surface area (Å²) in [4.78, 5) is 65.3. The number of hydrogen-bond donors (Lipinski definition) is 4. The van der Waals surface area contributed by atoms with Gasteiger partial charge >= 0.3 is 6.03 Å². The van der Waals surface area contributed by atoms with Crippen molar-refractivity contribution in [1.82, 2.24) is 16.0 Å². The van der Waals surface area contributed by atoms with E-state index < -0.39 is 59.1 Å². The summed E-state index contributed by atoms with van der Waals surface area (Å²) in [6.07, 6.45) is 3.15. The molecular formula is C28H43N5O6. The molecule has 0 aliphatic heterocycles. The van der Waals surface area contributed by atoms with Gasteiger partial charge in [0.1, 0.15) is 18.3 Å². The highest BCUT2D eigenvalue weighted by Crippen LogP contribution is 2.31. The topological polar surface area (TPSA) is 160 Å². The zero-order valence-electron chi connectivity index (χ0n) is 24.1. The van der Waals surface area contributed by atoms with E-state index in [0.29, 0.717) is 17.9 Å². The number of nitrogens with one attached hydrogen (secondary N) is 3. The number of amides is 5. The molecule has 5 amide bonds. The van der Waals surface area contributed by atoms with Gasteiger partial charge in [-0.3, -0.25) is 19.2 Å². The Balaban J connectivity index is 2.36. The van der Waals surface area contributed by atoms with E-state index in [-0.39, 0.29) is 5.92 Å². The number of methoxy groups -OCH3 is 1. The molecule has 1 fully saturated rings. The lowest BCUT2D eigenvalue weighted by Crippen LogP contribution is -2.60. The molecule has 2 rings (SSSR count). The monoisotopic (exact) mass is 545 g/mol. The number of ether oxygens (including phenoxy) is 1. The van der Waals surface area contributed by atoms with E-state index in [4.69, 9.17) is 10.5 Å². The number of carbonyl (C=O) groups excluding carboxylic acids is 5. The van der Waals surface area contributed by atoms with Crippen LogP contribution in [0.25, 0.3) is 0 Å². The first-order chi connectivity index (χ1) is 18.0. The number of anilines is 1. The van der Waals surface area contributed by atoms with Crippen molar-refractivity contribution in [2.75, 3.05) is 18.6 Å². The molecule has 39 heavy (non-hydrogen) atoms. The first kappa shape index (κ1) is 31.6. The van der Waals surface area contributed by atoms with Crippen molar-refractivity contribution in [1.29, 1.82) is 0 Å². The molecule has 11 heteroatoms. The third-order valence-corrected chi connectivity index (χ3v) is 6.52. The largest absolute Gasteiger partial charge is 0.497 e. The Morgan fingerprint density at radius 3 is 2.03 bits per heavy atom. The SMILES string of the molecule is COc1ccc(N(CC(=O)NC(CC2CCC2)C(=O)C(N)=O)C(=O)[C@@H](NC(=O)NC(C)(C)C)C(C)(C)C)cc1. The molecule has 1 unspecified atom stereocenters. The molecule has 0 radical (unpaired) electrons. The molecule has 0 spiro atoms. The molecule has 1 aromatic rings. The minimum absolute atomic E-state index is 0.216. The molecule has 1 aromatic carbocycles. The van der Waals surface area contributed by atoms with Crippen LogP contribution >= 0.6 is 0 Å².